The maximum absolute atomic E-state index is 12.7. The van der Waals surface area contributed by atoms with E-state index in [2.05, 4.69) is 25.0 Å². The van der Waals surface area contributed by atoms with E-state index >= 15 is 0 Å². The number of fused-ring (bicyclic) bond motifs is 1. The fraction of sp³-hybridized carbons (Fsp3) is 0.130. The van der Waals surface area contributed by atoms with Crippen LogP contribution >= 0.6 is 23.1 Å². The molecule has 0 aliphatic carbocycles. The number of aliphatic hydroxyl groups excluding tert-OH is 1. The van der Waals surface area contributed by atoms with Crippen molar-refractivity contribution in [3.63, 3.8) is 0 Å². The van der Waals surface area contributed by atoms with Gasteiger partial charge in [0.15, 0.2) is 0 Å². The number of aromatic amines is 1. The highest BCUT2D eigenvalue weighted by Gasteiger charge is 2.18. The molecule has 0 aliphatic rings. The first kappa shape index (κ1) is 23.4. The lowest BCUT2D eigenvalue weighted by atomic mass is 10.1. The molecule has 0 saturated heterocycles. The minimum atomic E-state index is -0.455. The number of benzene rings is 2. The lowest BCUT2D eigenvalue weighted by molar-refractivity contribution is 0.102. The fourth-order valence-corrected chi connectivity index (χ4v) is 4.25. The molecule has 6 N–H and O–H groups in total. The molecular formula is C23H21ClN6O3S. The summed E-state index contributed by atoms with van der Waals surface area (Å²) in [6.07, 6.45) is 1.43. The Morgan fingerprint density at radius 2 is 2.00 bits per heavy atom. The normalized spacial score (nSPS) is 12.5. The first-order chi connectivity index (χ1) is 16.4. The number of halogens is 1. The van der Waals surface area contributed by atoms with E-state index in [0.29, 0.717) is 16.4 Å². The second-order valence-electron chi connectivity index (χ2n) is 7.48. The molecule has 0 aliphatic heterocycles. The number of aliphatic hydroxyl groups is 1. The second kappa shape index (κ2) is 10.0. The zero-order valence-electron chi connectivity index (χ0n) is 18.0. The first-order valence-electron chi connectivity index (χ1n) is 10.2. The summed E-state index contributed by atoms with van der Waals surface area (Å²) in [5.41, 5.74) is 6.83. The number of anilines is 3. The number of hydrogen-bond acceptors (Lipinski definition) is 7. The summed E-state index contributed by atoms with van der Waals surface area (Å²) in [7, 11) is 0. The fourth-order valence-electron chi connectivity index (χ4n) is 3.23. The number of carbonyl (C=O) groups is 1. The molecule has 0 spiro atoms. The van der Waals surface area contributed by atoms with Gasteiger partial charge >= 0.3 is 0 Å². The van der Waals surface area contributed by atoms with E-state index in [4.69, 9.17) is 17.3 Å². The van der Waals surface area contributed by atoms with Crippen molar-refractivity contribution in [2.24, 2.45) is 10.7 Å². The molecule has 2 heterocycles. The third kappa shape index (κ3) is 5.09. The predicted octanol–water partition coefficient (Wildman–Crippen LogP) is 3.72. The zero-order chi connectivity index (χ0) is 24.2. The van der Waals surface area contributed by atoms with Crippen LogP contribution in [-0.2, 0) is 0 Å². The number of carbonyl (C=O) groups excluding carboxylic acids is 1. The molecule has 34 heavy (non-hydrogen) atoms. The Morgan fingerprint density at radius 1 is 1.24 bits per heavy atom. The standard InChI is InChI=1S/C23H21ClN6O3S/c1-12(11-31)27-20(25)18-21(32)30-34-23(18)29-16-9-17(24)19(26-10-16)22(33)28-15-7-6-13-4-2-3-5-14(13)8-15/h2-10,12,29,31H,11H2,1H3,(H2,25,27)(H,28,33)(H,30,32). The van der Waals surface area contributed by atoms with Gasteiger partial charge in [-0.2, -0.15) is 0 Å². The third-order valence-corrected chi connectivity index (χ3v) is 5.99. The van der Waals surface area contributed by atoms with Gasteiger partial charge in [-0.15, -0.1) is 0 Å². The SMILES string of the molecule is CC(CO)N=C(N)c1c(Nc2cnc(C(=O)Nc3ccc4ccccc4c3)c(Cl)c2)s[nH]c1=O. The first-order valence-corrected chi connectivity index (χ1v) is 11.4. The Labute approximate surface area is 203 Å². The molecule has 0 bridgehead atoms. The molecule has 1 unspecified atom stereocenters. The van der Waals surface area contributed by atoms with Crippen molar-refractivity contribution in [3.05, 3.63) is 81.4 Å². The molecule has 11 heteroatoms. The number of aromatic nitrogens is 2. The third-order valence-electron chi connectivity index (χ3n) is 4.90. The van der Waals surface area contributed by atoms with Crippen LogP contribution < -0.4 is 21.9 Å². The number of nitrogens with zero attached hydrogens (tertiary/aromatic N) is 2. The van der Waals surface area contributed by atoms with Crippen LogP contribution in [0.1, 0.15) is 23.0 Å². The van der Waals surface area contributed by atoms with E-state index in [9.17, 15) is 14.7 Å². The monoisotopic (exact) mass is 496 g/mol. The molecule has 1 atom stereocenters. The minimum absolute atomic E-state index is 0.00279. The van der Waals surface area contributed by atoms with E-state index in [0.717, 1.165) is 22.3 Å². The van der Waals surface area contributed by atoms with E-state index in [1.165, 1.54) is 12.3 Å². The van der Waals surface area contributed by atoms with E-state index < -0.39 is 17.5 Å². The summed E-state index contributed by atoms with van der Waals surface area (Å²) in [6, 6.07) is 14.5. The van der Waals surface area contributed by atoms with E-state index in [1.807, 2.05) is 42.5 Å². The highest BCUT2D eigenvalue weighted by molar-refractivity contribution is 7.10. The number of pyridine rings is 1. The van der Waals surface area contributed by atoms with Crippen molar-refractivity contribution in [2.75, 3.05) is 17.2 Å². The van der Waals surface area contributed by atoms with Crippen molar-refractivity contribution in [1.82, 2.24) is 9.36 Å². The molecular weight excluding hydrogens is 476 g/mol. The van der Waals surface area contributed by atoms with Crippen LogP contribution in [-0.4, -0.2) is 38.9 Å². The van der Waals surface area contributed by atoms with Gasteiger partial charge in [-0.3, -0.25) is 19.0 Å². The lowest BCUT2D eigenvalue weighted by Gasteiger charge is -2.10. The molecule has 9 nitrogen and oxygen atoms in total. The summed E-state index contributed by atoms with van der Waals surface area (Å²) >= 11 is 7.37. The van der Waals surface area contributed by atoms with Crippen LogP contribution in [0.25, 0.3) is 10.8 Å². The smallest absolute Gasteiger partial charge is 0.275 e. The summed E-state index contributed by atoms with van der Waals surface area (Å²) in [4.78, 5) is 33.2. The van der Waals surface area contributed by atoms with Crippen molar-refractivity contribution in [2.45, 2.75) is 13.0 Å². The number of H-pyrrole nitrogens is 1. The summed E-state index contributed by atoms with van der Waals surface area (Å²) in [5, 5.41) is 17.6. The molecule has 0 fully saturated rings. The Kier molecular flexibility index (Phi) is 6.92. The maximum atomic E-state index is 12.7. The van der Waals surface area contributed by atoms with Gasteiger partial charge in [0.25, 0.3) is 11.5 Å². The quantitative estimate of drug-likeness (QED) is 0.195. The van der Waals surface area contributed by atoms with Crippen molar-refractivity contribution in [1.29, 1.82) is 0 Å². The molecule has 2 aromatic carbocycles. The highest BCUT2D eigenvalue weighted by atomic mass is 35.5. The molecule has 2 aromatic heterocycles. The number of nitrogens with two attached hydrogens (primary N) is 1. The minimum Gasteiger partial charge on any atom is -0.394 e. The van der Waals surface area contributed by atoms with Crippen molar-refractivity contribution < 1.29 is 9.90 Å². The van der Waals surface area contributed by atoms with Gasteiger partial charge in [0.2, 0.25) is 0 Å². The van der Waals surface area contributed by atoms with E-state index in [-0.39, 0.29) is 28.7 Å². The van der Waals surface area contributed by atoms with Crippen LogP contribution in [0.3, 0.4) is 0 Å². The molecule has 4 rings (SSSR count). The summed E-state index contributed by atoms with van der Waals surface area (Å²) in [5.74, 6) is -0.454. The Bertz CT molecular complexity index is 1450. The van der Waals surface area contributed by atoms with Gasteiger partial charge in [-0.25, -0.2) is 4.98 Å². The molecule has 0 radical (unpaired) electrons. The topological polar surface area (TPSA) is 145 Å². The molecule has 174 valence electrons. The van der Waals surface area contributed by atoms with Crippen molar-refractivity contribution in [3.8, 4) is 0 Å². The number of amidine groups is 1. The van der Waals surface area contributed by atoms with Gasteiger partial charge in [-0.05, 0) is 47.4 Å². The Hall–Kier alpha value is -3.73. The lowest BCUT2D eigenvalue weighted by Crippen LogP contribution is -2.24. The molecule has 1 amide bonds. The average molecular weight is 497 g/mol. The van der Waals surface area contributed by atoms with Crippen LogP contribution in [0.2, 0.25) is 5.02 Å². The van der Waals surface area contributed by atoms with Gasteiger partial charge in [0.1, 0.15) is 22.1 Å². The van der Waals surface area contributed by atoms with Gasteiger partial charge in [-0.1, -0.05) is 41.9 Å². The van der Waals surface area contributed by atoms with Gasteiger partial charge in [0.05, 0.1) is 29.6 Å². The Morgan fingerprint density at radius 3 is 2.74 bits per heavy atom. The molecule has 4 aromatic rings. The number of hydrogen-bond donors (Lipinski definition) is 5. The van der Waals surface area contributed by atoms with Gasteiger partial charge < -0.3 is 21.5 Å². The predicted molar refractivity (Wildman–Crippen MR) is 137 cm³/mol. The maximum Gasteiger partial charge on any atom is 0.275 e. The number of nitrogens with one attached hydrogen (secondary N) is 3. The van der Waals surface area contributed by atoms with Gasteiger partial charge in [0, 0.05) is 5.69 Å². The highest BCUT2D eigenvalue weighted by Crippen LogP contribution is 2.26. The summed E-state index contributed by atoms with van der Waals surface area (Å²) in [6.45, 7) is 1.47. The van der Waals surface area contributed by atoms with Crippen LogP contribution in [0, 0.1) is 0 Å². The largest absolute Gasteiger partial charge is 0.394 e. The number of rotatable bonds is 7. The Balaban J connectivity index is 1.53. The second-order valence-corrected chi connectivity index (χ2v) is 8.70. The number of amides is 1. The average Bonchev–Trinajstić information content (AvgIpc) is 3.18. The van der Waals surface area contributed by atoms with Crippen LogP contribution in [0.15, 0.2) is 64.5 Å². The van der Waals surface area contributed by atoms with Crippen molar-refractivity contribution >= 4 is 62.0 Å². The molecule has 0 saturated carbocycles. The van der Waals surface area contributed by atoms with E-state index in [1.54, 1.807) is 6.92 Å². The number of aliphatic imine (C=N–C) groups is 1. The van der Waals surface area contributed by atoms with Crippen LogP contribution in [0.5, 0.6) is 0 Å². The zero-order valence-corrected chi connectivity index (χ0v) is 19.6. The van der Waals surface area contributed by atoms with Crippen LogP contribution in [0.4, 0.5) is 16.4 Å². The summed E-state index contributed by atoms with van der Waals surface area (Å²) < 4.78 is 2.60.